The largest absolute Gasteiger partial charge is 0.181 e. The molecule has 2 aliphatic carbocycles. The van der Waals surface area contributed by atoms with Crippen LogP contribution < -0.4 is 0 Å². The maximum Gasteiger partial charge on any atom is 0.121 e. The fourth-order valence-corrected chi connectivity index (χ4v) is 6.41. The van der Waals surface area contributed by atoms with Crippen molar-refractivity contribution in [3.8, 4) is 0 Å². The Morgan fingerprint density at radius 1 is 0.808 bits per heavy atom. The molecule has 2 aromatic rings. The Bertz CT molecular complexity index is 930. The van der Waals surface area contributed by atoms with Gasteiger partial charge in [-0.2, -0.15) is 10.2 Å². The number of benzene rings is 2. The molecule has 3 aliphatic rings. The van der Waals surface area contributed by atoms with Crippen LogP contribution in [0.15, 0.2) is 79.9 Å². The summed E-state index contributed by atoms with van der Waals surface area (Å²) in [5, 5.41) is 10.1. The van der Waals surface area contributed by atoms with Crippen LogP contribution in [0.1, 0.15) is 31.4 Å². The molecule has 0 spiro atoms. The van der Waals surface area contributed by atoms with Crippen molar-refractivity contribution in [1.29, 1.82) is 0 Å². The standard InChI is InChI=1S/C22H20Br2N2/c1-20(2)21(14-6-10-16(23)11-7-14)18-4-3-5-19(18)22(20,26-25-21)15-8-12-17(24)13-9-15/h3-4,6-13,18-19H,5H2,1-2H3/t18-,19+,21-,22+/m1/s1. The average molecular weight is 472 g/mol. The highest BCUT2D eigenvalue weighted by molar-refractivity contribution is 9.10. The van der Waals surface area contributed by atoms with Gasteiger partial charge in [-0.05, 0) is 41.8 Å². The summed E-state index contributed by atoms with van der Waals surface area (Å²) in [6.07, 6.45) is 5.80. The predicted molar refractivity (Wildman–Crippen MR) is 111 cm³/mol. The van der Waals surface area contributed by atoms with Crippen molar-refractivity contribution in [2.24, 2.45) is 27.5 Å². The number of rotatable bonds is 2. The highest BCUT2D eigenvalue weighted by atomic mass is 79.9. The minimum absolute atomic E-state index is 0.109. The van der Waals surface area contributed by atoms with Crippen molar-refractivity contribution < 1.29 is 0 Å². The lowest BCUT2D eigenvalue weighted by molar-refractivity contribution is 0.150. The summed E-state index contributed by atoms with van der Waals surface area (Å²) in [5.41, 5.74) is 1.85. The lowest BCUT2D eigenvalue weighted by Gasteiger charge is -2.41. The summed E-state index contributed by atoms with van der Waals surface area (Å²) in [7, 11) is 0. The number of hydrogen-bond donors (Lipinski definition) is 0. The van der Waals surface area contributed by atoms with Gasteiger partial charge in [0.05, 0.1) is 0 Å². The van der Waals surface area contributed by atoms with Gasteiger partial charge in [0.15, 0.2) is 0 Å². The van der Waals surface area contributed by atoms with Crippen molar-refractivity contribution >= 4 is 31.9 Å². The van der Waals surface area contributed by atoms with Gasteiger partial charge in [-0.3, -0.25) is 0 Å². The molecule has 0 aromatic heterocycles. The van der Waals surface area contributed by atoms with Crippen LogP contribution in [0.25, 0.3) is 0 Å². The lowest BCUT2D eigenvalue weighted by atomic mass is 9.61. The van der Waals surface area contributed by atoms with Gasteiger partial charge in [0.2, 0.25) is 0 Å². The van der Waals surface area contributed by atoms with Crippen LogP contribution in [0.2, 0.25) is 0 Å². The third kappa shape index (κ3) is 1.78. The number of nitrogens with zero attached hydrogens (tertiary/aromatic N) is 2. The zero-order chi connectivity index (χ0) is 18.2. The van der Waals surface area contributed by atoms with Gasteiger partial charge in [-0.15, -0.1) is 0 Å². The summed E-state index contributed by atoms with van der Waals surface area (Å²) in [6, 6.07) is 17.4. The fourth-order valence-electron chi connectivity index (χ4n) is 5.88. The molecule has 0 amide bonds. The average Bonchev–Trinajstić information content (AvgIpc) is 3.24. The van der Waals surface area contributed by atoms with Gasteiger partial charge in [0, 0.05) is 26.2 Å². The number of azo groups is 1. The second-order valence-electron chi connectivity index (χ2n) is 8.17. The van der Waals surface area contributed by atoms with Gasteiger partial charge in [-0.25, -0.2) is 0 Å². The monoisotopic (exact) mass is 470 g/mol. The Morgan fingerprint density at radius 2 is 1.31 bits per heavy atom. The first-order chi connectivity index (χ1) is 12.4. The molecule has 0 radical (unpaired) electrons. The van der Waals surface area contributed by atoms with Crippen LogP contribution in [0, 0.1) is 17.3 Å². The smallest absolute Gasteiger partial charge is 0.121 e. The van der Waals surface area contributed by atoms with Crippen molar-refractivity contribution in [2.45, 2.75) is 31.3 Å². The van der Waals surface area contributed by atoms with Crippen molar-refractivity contribution in [1.82, 2.24) is 0 Å². The van der Waals surface area contributed by atoms with E-state index in [9.17, 15) is 0 Å². The molecule has 2 nitrogen and oxygen atoms in total. The second-order valence-corrected chi connectivity index (χ2v) is 10.00. The maximum atomic E-state index is 5.06. The number of allylic oxidation sites excluding steroid dienone is 1. The molecule has 1 fully saturated rings. The number of fused-ring (bicyclic) bond motifs is 5. The molecule has 1 saturated carbocycles. The predicted octanol–water partition coefficient (Wildman–Crippen LogP) is 7.00. The summed E-state index contributed by atoms with van der Waals surface area (Å²) in [6.45, 7) is 4.73. The summed E-state index contributed by atoms with van der Waals surface area (Å²) < 4.78 is 2.20. The zero-order valence-corrected chi connectivity index (χ0v) is 18.0. The van der Waals surface area contributed by atoms with E-state index in [0.717, 1.165) is 15.4 Å². The maximum absolute atomic E-state index is 5.06. The molecular weight excluding hydrogens is 452 g/mol. The molecule has 132 valence electrons. The molecule has 0 unspecified atom stereocenters. The van der Waals surface area contributed by atoms with Gasteiger partial charge < -0.3 is 0 Å². The highest BCUT2D eigenvalue weighted by Crippen LogP contribution is 2.76. The van der Waals surface area contributed by atoms with Crippen LogP contribution in [0.3, 0.4) is 0 Å². The van der Waals surface area contributed by atoms with Crippen LogP contribution in [-0.2, 0) is 11.1 Å². The molecule has 2 bridgehead atoms. The van der Waals surface area contributed by atoms with Gasteiger partial charge in [0.1, 0.15) is 11.1 Å². The Morgan fingerprint density at radius 3 is 1.88 bits per heavy atom. The Balaban J connectivity index is 1.77. The second kappa shape index (κ2) is 5.39. The molecular formula is C22H20Br2N2. The van der Waals surface area contributed by atoms with E-state index in [1.165, 1.54) is 11.1 Å². The molecule has 0 N–H and O–H groups in total. The van der Waals surface area contributed by atoms with Crippen molar-refractivity contribution in [2.75, 3.05) is 0 Å². The van der Waals surface area contributed by atoms with E-state index < -0.39 is 0 Å². The lowest BCUT2D eigenvalue weighted by Crippen LogP contribution is -2.44. The van der Waals surface area contributed by atoms with E-state index in [1.807, 2.05) is 0 Å². The first kappa shape index (κ1) is 16.9. The van der Waals surface area contributed by atoms with Crippen LogP contribution in [0.5, 0.6) is 0 Å². The summed E-state index contributed by atoms with van der Waals surface area (Å²) in [4.78, 5) is 0. The van der Waals surface area contributed by atoms with E-state index in [-0.39, 0.29) is 16.5 Å². The Kier molecular flexibility index (Phi) is 3.50. The minimum Gasteiger partial charge on any atom is -0.181 e. The molecule has 26 heavy (non-hydrogen) atoms. The third-order valence-corrected chi connectivity index (χ3v) is 8.08. The molecule has 5 rings (SSSR count). The summed E-state index contributed by atoms with van der Waals surface area (Å²) >= 11 is 7.14. The molecule has 4 heteroatoms. The Labute approximate surface area is 171 Å². The first-order valence-corrected chi connectivity index (χ1v) is 10.6. The van der Waals surface area contributed by atoms with E-state index in [0.29, 0.717) is 11.8 Å². The van der Waals surface area contributed by atoms with Crippen molar-refractivity contribution in [3.05, 3.63) is 80.8 Å². The van der Waals surface area contributed by atoms with Gasteiger partial charge in [0.25, 0.3) is 0 Å². The third-order valence-electron chi connectivity index (χ3n) is 7.03. The summed E-state index contributed by atoms with van der Waals surface area (Å²) in [5.74, 6) is 0.847. The molecule has 1 heterocycles. The van der Waals surface area contributed by atoms with Crippen LogP contribution in [0.4, 0.5) is 0 Å². The number of hydrogen-bond acceptors (Lipinski definition) is 2. The Hall–Kier alpha value is -1.26. The van der Waals surface area contributed by atoms with Gasteiger partial charge in [-0.1, -0.05) is 82.1 Å². The van der Waals surface area contributed by atoms with Crippen LogP contribution >= 0.6 is 31.9 Å². The van der Waals surface area contributed by atoms with Gasteiger partial charge >= 0.3 is 0 Å². The number of halogens is 2. The van der Waals surface area contributed by atoms with Crippen LogP contribution in [-0.4, -0.2) is 0 Å². The molecule has 2 aromatic carbocycles. The fraction of sp³-hybridized carbons (Fsp3) is 0.364. The minimum atomic E-state index is -0.307. The normalized spacial score (nSPS) is 35.8. The first-order valence-electron chi connectivity index (χ1n) is 9.06. The highest BCUT2D eigenvalue weighted by Gasteiger charge is 2.77. The molecule has 0 saturated heterocycles. The van der Waals surface area contributed by atoms with E-state index in [4.69, 9.17) is 10.2 Å². The molecule has 1 aliphatic heterocycles. The van der Waals surface area contributed by atoms with Crippen molar-refractivity contribution in [3.63, 3.8) is 0 Å². The topological polar surface area (TPSA) is 24.7 Å². The van der Waals surface area contributed by atoms with E-state index >= 15 is 0 Å². The SMILES string of the molecule is CC1(C)[C@]2(c3ccc(Br)cc3)N=N[C@@]1(c1ccc(Br)cc1)[C@H]1CC=C[C@H]12. The van der Waals surface area contributed by atoms with E-state index in [2.05, 4.69) is 106 Å². The van der Waals surface area contributed by atoms with E-state index in [1.54, 1.807) is 0 Å². The zero-order valence-electron chi connectivity index (χ0n) is 14.8. The quantitative estimate of drug-likeness (QED) is 0.421. The molecule has 4 atom stereocenters.